The zero-order valence-corrected chi connectivity index (χ0v) is 23.2. The molecule has 3 heterocycles. The van der Waals surface area contributed by atoms with Gasteiger partial charge in [0.05, 0.1) is 18.2 Å². The second-order valence-corrected chi connectivity index (χ2v) is 11.2. The molecule has 1 unspecified atom stereocenters. The number of anilines is 1. The molecule has 1 amide bonds. The third-order valence-corrected chi connectivity index (χ3v) is 8.30. The van der Waals surface area contributed by atoms with Gasteiger partial charge in [-0.05, 0) is 53.9 Å². The standard InChI is InChI=1S/C28H23ClN4O4S2/c1-2-14-37-21-5-3-4-19(15-21)23-22(24(34)18-10-12-30-13-11-18)25(35)26(36)33(23)27-31-32-28(39-27)38-16-17-6-8-20(29)9-7-17/h3-13,15,23,34H,2,14,16H2,1H3. The molecular formula is C28H23ClN4O4S2. The van der Waals surface area contributed by atoms with Crippen molar-refractivity contribution in [2.75, 3.05) is 11.5 Å². The number of benzene rings is 2. The largest absolute Gasteiger partial charge is 0.507 e. The molecule has 0 bridgehead atoms. The molecule has 11 heteroatoms. The molecule has 2 aromatic heterocycles. The molecule has 8 nitrogen and oxygen atoms in total. The van der Waals surface area contributed by atoms with Gasteiger partial charge >= 0.3 is 5.91 Å². The Hall–Kier alpha value is -3.73. The summed E-state index contributed by atoms with van der Waals surface area (Å²) in [6, 6.07) is 16.9. The van der Waals surface area contributed by atoms with E-state index >= 15 is 0 Å². The van der Waals surface area contributed by atoms with Gasteiger partial charge in [-0.2, -0.15) is 0 Å². The van der Waals surface area contributed by atoms with Crippen molar-refractivity contribution in [1.82, 2.24) is 15.2 Å². The Morgan fingerprint density at radius 1 is 1.10 bits per heavy atom. The summed E-state index contributed by atoms with van der Waals surface area (Å²) < 4.78 is 6.44. The van der Waals surface area contributed by atoms with E-state index in [2.05, 4.69) is 15.2 Å². The average Bonchev–Trinajstić information content (AvgIpc) is 3.53. The number of pyridine rings is 1. The molecule has 0 spiro atoms. The molecule has 4 aromatic rings. The van der Waals surface area contributed by atoms with Crippen molar-refractivity contribution in [3.63, 3.8) is 0 Å². The van der Waals surface area contributed by atoms with E-state index in [0.29, 0.717) is 38.6 Å². The first-order valence-corrected chi connectivity index (χ1v) is 14.3. The molecular weight excluding hydrogens is 556 g/mol. The molecule has 198 valence electrons. The predicted octanol–water partition coefficient (Wildman–Crippen LogP) is 6.29. The van der Waals surface area contributed by atoms with Gasteiger partial charge in [0.15, 0.2) is 4.34 Å². The van der Waals surface area contributed by atoms with E-state index in [-0.39, 0.29) is 16.5 Å². The van der Waals surface area contributed by atoms with Gasteiger partial charge in [0, 0.05) is 28.7 Å². The number of halogens is 1. The van der Waals surface area contributed by atoms with Crippen LogP contribution in [0.2, 0.25) is 5.02 Å². The molecule has 1 N–H and O–H groups in total. The molecule has 2 aromatic carbocycles. The molecule has 0 aliphatic carbocycles. The number of hydrogen-bond donors (Lipinski definition) is 1. The fourth-order valence-electron chi connectivity index (χ4n) is 4.09. The minimum atomic E-state index is -0.926. The maximum Gasteiger partial charge on any atom is 0.301 e. The monoisotopic (exact) mass is 578 g/mol. The summed E-state index contributed by atoms with van der Waals surface area (Å²) in [5.74, 6) is -0.654. The molecule has 1 aliphatic heterocycles. The van der Waals surface area contributed by atoms with Gasteiger partial charge in [-0.3, -0.25) is 19.5 Å². The molecule has 1 aliphatic rings. The number of carbonyl (C=O) groups is 2. The number of ether oxygens (including phenoxy) is 1. The minimum Gasteiger partial charge on any atom is -0.507 e. The first-order chi connectivity index (χ1) is 19.0. The van der Waals surface area contributed by atoms with E-state index in [1.54, 1.807) is 30.3 Å². The summed E-state index contributed by atoms with van der Waals surface area (Å²) in [7, 11) is 0. The van der Waals surface area contributed by atoms with Crippen LogP contribution >= 0.6 is 34.7 Å². The number of carbonyl (C=O) groups excluding carboxylic acids is 2. The normalized spacial score (nSPS) is 16.6. The number of aliphatic hydroxyl groups is 1. The van der Waals surface area contributed by atoms with Crippen molar-refractivity contribution < 1.29 is 19.4 Å². The quantitative estimate of drug-likeness (QED) is 0.0811. The Morgan fingerprint density at radius 2 is 1.87 bits per heavy atom. The molecule has 0 saturated carbocycles. The smallest absolute Gasteiger partial charge is 0.301 e. The van der Waals surface area contributed by atoms with Gasteiger partial charge in [-0.25, -0.2) is 0 Å². The lowest BCUT2D eigenvalue weighted by molar-refractivity contribution is -0.132. The zero-order valence-electron chi connectivity index (χ0n) is 20.8. The van der Waals surface area contributed by atoms with E-state index in [1.807, 2.05) is 37.3 Å². The fraction of sp³-hybridized carbons (Fsp3) is 0.179. The van der Waals surface area contributed by atoms with Crippen molar-refractivity contribution in [3.8, 4) is 5.75 Å². The highest BCUT2D eigenvalue weighted by atomic mass is 35.5. The number of amides is 1. The van der Waals surface area contributed by atoms with Gasteiger partial charge in [0.25, 0.3) is 5.78 Å². The Labute approximate surface area is 238 Å². The van der Waals surface area contributed by atoms with E-state index in [9.17, 15) is 14.7 Å². The first kappa shape index (κ1) is 26.9. The van der Waals surface area contributed by atoms with E-state index < -0.39 is 17.7 Å². The highest BCUT2D eigenvalue weighted by molar-refractivity contribution is 8.00. The second kappa shape index (κ2) is 12.0. The van der Waals surface area contributed by atoms with Crippen molar-refractivity contribution >= 4 is 57.3 Å². The number of nitrogens with zero attached hydrogens (tertiary/aromatic N) is 4. The molecule has 39 heavy (non-hydrogen) atoms. The van der Waals surface area contributed by atoms with Crippen LogP contribution in [0.3, 0.4) is 0 Å². The highest BCUT2D eigenvalue weighted by Gasteiger charge is 2.48. The Morgan fingerprint density at radius 3 is 2.62 bits per heavy atom. The number of aromatic nitrogens is 3. The van der Waals surface area contributed by atoms with Gasteiger partial charge < -0.3 is 9.84 Å². The van der Waals surface area contributed by atoms with Crippen LogP contribution in [0, 0.1) is 0 Å². The predicted molar refractivity (Wildman–Crippen MR) is 152 cm³/mol. The summed E-state index contributed by atoms with van der Waals surface area (Å²) in [5, 5.41) is 20.7. The van der Waals surface area contributed by atoms with E-state index in [4.69, 9.17) is 16.3 Å². The molecule has 0 radical (unpaired) electrons. The Kier molecular flexibility index (Phi) is 8.25. The highest BCUT2D eigenvalue weighted by Crippen LogP contribution is 2.44. The van der Waals surface area contributed by atoms with Crippen LogP contribution in [0.25, 0.3) is 5.76 Å². The molecule has 1 atom stereocenters. The second-order valence-electron chi connectivity index (χ2n) is 8.59. The number of ketones is 1. The number of Topliss-reactive ketones (excluding diaryl/α,β-unsaturated/α-hetero) is 1. The van der Waals surface area contributed by atoms with Crippen LogP contribution < -0.4 is 9.64 Å². The van der Waals surface area contributed by atoms with Crippen molar-refractivity contribution in [2.45, 2.75) is 29.5 Å². The van der Waals surface area contributed by atoms with Gasteiger partial charge in [0.2, 0.25) is 5.13 Å². The van der Waals surface area contributed by atoms with E-state index in [0.717, 1.165) is 12.0 Å². The minimum absolute atomic E-state index is 0.0376. The zero-order chi connectivity index (χ0) is 27.4. The van der Waals surface area contributed by atoms with Crippen LogP contribution in [-0.2, 0) is 15.3 Å². The fourth-order valence-corrected chi connectivity index (χ4v) is 6.04. The van der Waals surface area contributed by atoms with Crippen LogP contribution in [0.5, 0.6) is 5.75 Å². The summed E-state index contributed by atoms with van der Waals surface area (Å²) in [6.45, 7) is 2.52. The van der Waals surface area contributed by atoms with Crippen LogP contribution in [0.1, 0.15) is 36.1 Å². The van der Waals surface area contributed by atoms with Gasteiger partial charge in [-0.15, -0.1) is 10.2 Å². The number of rotatable bonds is 9. The van der Waals surface area contributed by atoms with E-state index in [1.165, 1.54) is 40.4 Å². The van der Waals surface area contributed by atoms with Crippen molar-refractivity contribution in [2.24, 2.45) is 0 Å². The third kappa shape index (κ3) is 5.83. The van der Waals surface area contributed by atoms with Crippen molar-refractivity contribution in [1.29, 1.82) is 0 Å². The lowest BCUT2D eigenvalue weighted by Gasteiger charge is -2.23. The average molecular weight is 579 g/mol. The molecule has 1 fully saturated rings. The third-order valence-electron chi connectivity index (χ3n) is 5.92. The first-order valence-electron chi connectivity index (χ1n) is 12.1. The molecule has 5 rings (SSSR count). The summed E-state index contributed by atoms with van der Waals surface area (Å²) in [5.41, 5.74) is 2.00. The Balaban J connectivity index is 1.53. The maximum atomic E-state index is 13.4. The summed E-state index contributed by atoms with van der Waals surface area (Å²) in [6.07, 6.45) is 3.84. The Bertz CT molecular complexity index is 1530. The number of thioether (sulfide) groups is 1. The number of aliphatic hydroxyl groups excluding tert-OH is 1. The summed E-state index contributed by atoms with van der Waals surface area (Å²) in [4.78, 5) is 32.1. The number of hydrogen-bond acceptors (Lipinski definition) is 9. The lowest BCUT2D eigenvalue weighted by atomic mass is 9.95. The van der Waals surface area contributed by atoms with Crippen LogP contribution in [0.4, 0.5) is 5.13 Å². The molecule has 1 saturated heterocycles. The van der Waals surface area contributed by atoms with Crippen LogP contribution in [0.15, 0.2) is 83.0 Å². The van der Waals surface area contributed by atoms with Crippen LogP contribution in [-0.4, -0.2) is 38.6 Å². The topological polar surface area (TPSA) is 106 Å². The SMILES string of the molecule is CCCOc1cccc(C2C(=C(O)c3ccncc3)C(=O)C(=O)N2c2nnc(SCc3ccc(Cl)cc3)s2)c1. The van der Waals surface area contributed by atoms with Crippen molar-refractivity contribution in [3.05, 3.63) is 100 Å². The van der Waals surface area contributed by atoms with Gasteiger partial charge in [0.1, 0.15) is 11.5 Å². The summed E-state index contributed by atoms with van der Waals surface area (Å²) >= 11 is 8.65. The lowest BCUT2D eigenvalue weighted by Crippen LogP contribution is -2.29. The maximum absolute atomic E-state index is 13.4. The van der Waals surface area contributed by atoms with Gasteiger partial charge in [-0.1, -0.05) is 65.9 Å².